The number of carbonyl (C=O) groups is 1. The van der Waals surface area contributed by atoms with E-state index in [1.54, 1.807) is 23.9 Å². The highest BCUT2D eigenvalue weighted by atomic mass is 32.2. The van der Waals surface area contributed by atoms with Crippen LogP contribution in [0.25, 0.3) is 0 Å². The zero-order valence-electron chi connectivity index (χ0n) is 8.79. The number of nitrogens with one attached hydrogen (secondary N) is 1. The van der Waals surface area contributed by atoms with Crippen molar-refractivity contribution in [2.75, 3.05) is 12.8 Å². The quantitative estimate of drug-likeness (QED) is 0.597. The molecule has 0 spiro atoms. The second-order valence-electron chi connectivity index (χ2n) is 3.03. The number of furan rings is 1. The summed E-state index contributed by atoms with van der Waals surface area (Å²) in [6.07, 6.45) is 4.53. The number of hydrogen-bond donors (Lipinski definition) is 1. The molecule has 1 aromatic rings. The minimum atomic E-state index is -0.163. The summed E-state index contributed by atoms with van der Waals surface area (Å²) in [6, 6.07) is 3.54. The van der Waals surface area contributed by atoms with Crippen molar-refractivity contribution in [3.63, 3.8) is 0 Å². The van der Waals surface area contributed by atoms with Gasteiger partial charge >= 0.3 is 0 Å². The lowest BCUT2D eigenvalue weighted by molar-refractivity contribution is 0.0925. The topological polar surface area (TPSA) is 42.2 Å². The Balaban J connectivity index is 2.46. The van der Waals surface area contributed by atoms with Crippen molar-refractivity contribution in [2.24, 2.45) is 0 Å². The number of amides is 1. The van der Waals surface area contributed by atoms with Crippen LogP contribution in [-0.4, -0.2) is 18.7 Å². The summed E-state index contributed by atoms with van der Waals surface area (Å²) >= 11 is 1.66. The van der Waals surface area contributed by atoms with Crippen LogP contribution in [0, 0.1) is 0 Å². The molecular weight excluding hydrogens is 210 g/mol. The molecule has 0 atom stereocenters. The summed E-state index contributed by atoms with van der Waals surface area (Å²) in [4.78, 5) is 11.5. The van der Waals surface area contributed by atoms with Gasteiger partial charge in [-0.3, -0.25) is 4.79 Å². The van der Waals surface area contributed by atoms with Crippen molar-refractivity contribution >= 4 is 17.7 Å². The highest BCUT2D eigenvalue weighted by molar-refractivity contribution is 7.97. The maximum absolute atomic E-state index is 11.5. The molecule has 0 aromatic carbocycles. The van der Waals surface area contributed by atoms with Gasteiger partial charge in [0.25, 0.3) is 5.91 Å². The molecule has 1 aromatic heterocycles. The van der Waals surface area contributed by atoms with Gasteiger partial charge in [-0.05, 0) is 24.8 Å². The largest absolute Gasteiger partial charge is 0.455 e. The van der Waals surface area contributed by atoms with Crippen molar-refractivity contribution in [3.8, 4) is 0 Å². The third-order valence-corrected chi connectivity index (χ3v) is 2.38. The van der Waals surface area contributed by atoms with Gasteiger partial charge < -0.3 is 9.73 Å². The molecular formula is C11H15NO2S. The summed E-state index contributed by atoms with van der Waals surface area (Å²) in [5, 5.41) is 2.74. The van der Waals surface area contributed by atoms with Crippen molar-refractivity contribution in [3.05, 3.63) is 36.3 Å². The Morgan fingerprint density at radius 2 is 2.47 bits per heavy atom. The molecule has 0 unspecified atom stereocenters. The average Bonchev–Trinajstić information content (AvgIpc) is 2.67. The summed E-state index contributed by atoms with van der Waals surface area (Å²) in [5.41, 5.74) is 0. The lowest BCUT2D eigenvalue weighted by Gasteiger charge is -1.99. The van der Waals surface area contributed by atoms with Crippen LogP contribution in [0.15, 0.2) is 29.2 Å². The van der Waals surface area contributed by atoms with Crippen LogP contribution in [-0.2, 0) is 5.75 Å². The molecule has 0 saturated heterocycles. The molecule has 1 rings (SSSR count). The highest BCUT2D eigenvalue weighted by Gasteiger charge is 2.09. The summed E-state index contributed by atoms with van der Waals surface area (Å²) in [5.74, 6) is 1.84. The van der Waals surface area contributed by atoms with Gasteiger partial charge in [0, 0.05) is 6.54 Å². The smallest absolute Gasteiger partial charge is 0.287 e. The first kappa shape index (κ1) is 11.9. The molecule has 1 amide bonds. The van der Waals surface area contributed by atoms with Crippen LogP contribution in [0.1, 0.15) is 22.7 Å². The molecule has 1 heterocycles. The number of carbonyl (C=O) groups excluding carboxylic acids is 1. The first-order valence-electron chi connectivity index (χ1n) is 4.74. The van der Waals surface area contributed by atoms with E-state index in [1.807, 2.05) is 12.3 Å². The van der Waals surface area contributed by atoms with Crippen LogP contribution < -0.4 is 5.32 Å². The molecule has 0 aliphatic heterocycles. The van der Waals surface area contributed by atoms with E-state index in [0.29, 0.717) is 12.3 Å². The fourth-order valence-electron chi connectivity index (χ4n) is 1.09. The molecule has 0 aliphatic carbocycles. The van der Waals surface area contributed by atoms with Gasteiger partial charge in [-0.2, -0.15) is 11.8 Å². The van der Waals surface area contributed by atoms with Crippen molar-refractivity contribution < 1.29 is 9.21 Å². The van der Waals surface area contributed by atoms with Gasteiger partial charge in [-0.15, -0.1) is 6.58 Å². The van der Waals surface area contributed by atoms with Gasteiger partial charge in [-0.25, -0.2) is 0 Å². The maximum Gasteiger partial charge on any atom is 0.287 e. The summed E-state index contributed by atoms with van der Waals surface area (Å²) in [7, 11) is 0. The minimum absolute atomic E-state index is 0.163. The Hall–Kier alpha value is -1.16. The van der Waals surface area contributed by atoms with Crippen LogP contribution in [0.4, 0.5) is 0 Å². The molecule has 4 heteroatoms. The van der Waals surface area contributed by atoms with E-state index in [2.05, 4.69) is 11.9 Å². The van der Waals surface area contributed by atoms with E-state index >= 15 is 0 Å². The van der Waals surface area contributed by atoms with E-state index in [-0.39, 0.29) is 5.91 Å². The number of rotatable bonds is 6. The van der Waals surface area contributed by atoms with E-state index in [1.165, 1.54) is 0 Å². The van der Waals surface area contributed by atoms with E-state index in [9.17, 15) is 4.79 Å². The van der Waals surface area contributed by atoms with Crippen molar-refractivity contribution in [1.29, 1.82) is 0 Å². The molecule has 0 aliphatic rings. The Morgan fingerprint density at radius 3 is 3.13 bits per heavy atom. The van der Waals surface area contributed by atoms with Crippen LogP contribution in [0.2, 0.25) is 0 Å². The van der Waals surface area contributed by atoms with E-state index in [4.69, 9.17) is 4.42 Å². The van der Waals surface area contributed by atoms with Gasteiger partial charge in [0.1, 0.15) is 5.76 Å². The summed E-state index contributed by atoms with van der Waals surface area (Å²) in [6.45, 7) is 4.18. The standard InChI is InChI=1S/C11H15NO2S/c1-3-4-7-12-11(13)10-6-5-9(14-10)8-15-2/h3,5-6H,1,4,7-8H2,2H3,(H,12,13). The number of hydrogen-bond acceptors (Lipinski definition) is 3. The first-order valence-corrected chi connectivity index (χ1v) is 6.14. The molecule has 0 radical (unpaired) electrons. The van der Waals surface area contributed by atoms with Gasteiger partial charge in [0.05, 0.1) is 5.75 Å². The molecule has 82 valence electrons. The molecule has 3 nitrogen and oxygen atoms in total. The van der Waals surface area contributed by atoms with Gasteiger partial charge in [0.15, 0.2) is 5.76 Å². The number of thioether (sulfide) groups is 1. The Kier molecular flexibility index (Phi) is 5.04. The zero-order chi connectivity index (χ0) is 11.1. The van der Waals surface area contributed by atoms with E-state index < -0.39 is 0 Å². The monoisotopic (exact) mass is 225 g/mol. The zero-order valence-corrected chi connectivity index (χ0v) is 9.60. The van der Waals surface area contributed by atoms with Crippen molar-refractivity contribution in [1.82, 2.24) is 5.32 Å². The predicted molar refractivity (Wildman–Crippen MR) is 63.1 cm³/mol. The van der Waals surface area contributed by atoms with E-state index in [0.717, 1.165) is 17.9 Å². The van der Waals surface area contributed by atoms with Crippen LogP contribution in [0.3, 0.4) is 0 Å². The second kappa shape index (κ2) is 6.35. The second-order valence-corrected chi connectivity index (χ2v) is 3.90. The third-order valence-electron chi connectivity index (χ3n) is 1.81. The van der Waals surface area contributed by atoms with Gasteiger partial charge in [-0.1, -0.05) is 6.08 Å². The Morgan fingerprint density at radius 1 is 1.67 bits per heavy atom. The predicted octanol–water partition coefficient (Wildman–Crippen LogP) is 2.45. The molecule has 0 bridgehead atoms. The Labute approximate surface area is 93.9 Å². The van der Waals surface area contributed by atoms with Gasteiger partial charge in [0.2, 0.25) is 0 Å². The minimum Gasteiger partial charge on any atom is -0.455 e. The highest BCUT2D eigenvalue weighted by Crippen LogP contribution is 2.13. The van der Waals surface area contributed by atoms with Crippen LogP contribution >= 0.6 is 11.8 Å². The van der Waals surface area contributed by atoms with Crippen LogP contribution in [0.5, 0.6) is 0 Å². The molecule has 15 heavy (non-hydrogen) atoms. The SMILES string of the molecule is C=CCCNC(=O)c1ccc(CSC)o1. The normalized spacial score (nSPS) is 9.93. The fourth-order valence-corrected chi connectivity index (χ4v) is 1.53. The lowest BCUT2D eigenvalue weighted by Crippen LogP contribution is -2.23. The van der Waals surface area contributed by atoms with Crippen molar-refractivity contribution in [2.45, 2.75) is 12.2 Å². The average molecular weight is 225 g/mol. The summed E-state index contributed by atoms with van der Waals surface area (Å²) < 4.78 is 5.36. The molecule has 0 saturated carbocycles. The Bertz CT molecular complexity index is 333. The fraction of sp³-hybridized carbons (Fsp3) is 0.364. The molecule has 1 N–H and O–H groups in total. The third kappa shape index (κ3) is 3.83. The molecule has 0 fully saturated rings. The maximum atomic E-state index is 11.5. The lowest BCUT2D eigenvalue weighted by atomic mass is 10.4. The first-order chi connectivity index (χ1) is 7.27.